The molecule has 5 rings (SSSR count). The lowest BCUT2D eigenvalue weighted by atomic mass is 9.94. The number of hydrogen-bond donors (Lipinski definition) is 1. The first kappa shape index (κ1) is 20.0. The zero-order chi connectivity index (χ0) is 22.1. The highest BCUT2D eigenvalue weighted by molar-refractivity contribution is 7.14. The second-order valence-corrected chi connectivity index (χ2v) is 8.23. The highest BCUT2D eigenvalue weighted by Gasteiger charge is 2.32. The van der Waals surface area contributed by atoms with Crippen molar-refractivity contribution < 1.29 is 14.4 Å². The Balaban J connectivity index is 1.21. The maximum Gasteiger partial charge on any atom is 0.261 e. The van der Waals surface area contributed by atoms with Crippen molar-refractivity contribution in [2.45, 2.75) is 12.8 Å². The number of anilines is 1. The number of carbonyl (C=O) groups is 3. The molecule has 0 atom stereocenters. The molecule has 7 nitrogen and oxygen atoms in total. The summed E-state index contributed by atoms with van der Waals surface area (Å²) >= 11 is 1.32. The number of benzene rings is 2. The summed E-state index contributed by atoms with van der Waals surface area (Å²) < 4.78 is 0. The van der Waals surface area contributed by atoms with Gasteiger partial charge in [0.1, 0.15) is 5.69 Å². The van der Waals surface area contributed by atoms with Crippen molar-refractivity contribution in [3.8, 4) is 11.4 Å². The molecule has 0 unspecified atom stereocenters. The third-order valence-corrected chi connectivity index (χ3v) is 6.08. The van der Waals surface area contributed by atoms with Crippen LogP contribution in [-0.4, -0.2) is 39.1 Å². The van der Waals surface area contributed by atoms with Gasteiger partial charge in [0.05, 0.1) is 5.69 Å². The van der Waals surface area contributed by atoms with Crippen molar-refractivity contribution >= 4 is 45.0 Å². The number of amides is 3. The van der Waals surface area contributed by atoms with E-state index in [1.165, 1.54) is 16.2 Å². The number of rotatable bonds is 6. The normalized spacial score (nSPS) is 12.9. The van der Waals surface area contributed by atoms with Crippen molar-refractivity contribution in [3.05, 3.63) is 77.3 Å². The lowest BCUT2D eigenvalue weighted by molar-refractivity contribution is -0.116. The minimum Gasteiger partial charge on any atom is -0.302 e. The number of imide groups is 1. The standard InChI is InChI=1S/C24H18N4O3S/c29-20(27-24-26-19(14-32-24)18-10-1-2-12-25-18)11-5-13-28-22(30)16-8-3-6-15-7-4-9-17(21(15)16)23(28)31/h1-4,6-10,12,14H,5,11,13H2,(H,26,27,29). The van der Waals surface area contributed by atoms with Crippen LogP contribution in [0.25, 0.3) is 22.2 Å². The SMILES string of the molecule is O=C(CCCN1C(=O)c2cccc3cccc(c23)C1=O)Nc1nc(-c2ccccn2)cs1. The smallest absolute Gasteiger partial charge is 0.261 e. The Kier molecular flexibility index (Phi) is 5.20. The third kappa shape index (κ3) is 3.65. The first-order valence-electron chi connectivity index (χ1n) is 10.2. The molecule has 2 aromatic carbocycles. The van der Waals surface area contributed by atoms with Crippen molar-refractivity contribution in [2.75, 3.05) is 11.9 Å². The fourth-order valence-corrected chi connectivity index (χ4v) is 4.55. The van der Waals surface area contributed by atoms with E-state index in [0.717, 1.165) is 11.1 Å². The van der Waals surface area contributed by atoms with Gasteiger partial charge in [-0.1, -0.05) is 30.3 Å². The highest BCUT2D eigenvalue weighted by Crippen LogP contribution is 2.30. The Bertz CT molecular complexity index is 1300. The van der Waals surface area contributed by atoms with Gasteiger partial charge in [-0.2, -0.15) is 0 Å². The first-order chi connectivity index (χ1) is 15.6. The highest BCUT2D eigenvalue weighted by atomic mass is 32.1. The lowest BCUT2D eigenvalue weighted by Crippen LogP contribution is -2.41. The van der Waals surface area contributed by atoms with E-state index in [9.17, 15) is 14.4 Å². The van der Waals surface area contributed by atoms with Gasteiger partial charge < -0.3 is 5.32 Å². The van der Waals surface area contributed by atoms with E-state index in [-0.39, 0.29) is 30.7 Å². The molecule has 8 heteroatoms. The van der Waals surface area contributed by atoms with Gasteiger partial charge in [0.15, 0.2) is 5.13 Å². The molecular weight excluding hydrogens is 424 g/mol. The van der Waals surface area contributed by atoms with E-state index in [0.29, 0.717) is 33.8 Å². The minimum atomic E-state index is -0.320. The van der Waals surface area contributed by atoms with Crippen molar-refractivity contribution in [3.63, 3.8) is 0 Å². The predicted octanol–water partition coefficient (Wildman–Crippen LogP) is 4.37. The maximum atomic E-state index is 12.9. The summed E-state index contributed by atoms with van der Waals surface area (Å²) in [6.07, 6.45) is 2.22. The lowest BCUT2D eigenvalue weighted by Gasteiger charge is -2.27. The summed E-state index contributed by atoms with van der Waals surface area (Å²) in [5.41, 5.74) is 2.48. The van der Waals surface area contributed by atoms with E-state index >= 15 is 0 Å². The molecular formula is C24H18N4O3S. The van der Waals surface area contributed by atoms with Crippen LogP contribution in [0.1, 0.15) is 33.6 Å². The molecule has 0 fully saturated rings. The van der Waals surface area contributed by atoms with Crippen LogP contribution >= 0.6 is 11.3 Å². The van der Waals surface area contributed by atoms with Gasteiger partial charge in [0.2, 0.25) is 5.91 Å². The van der Waals surface area contributed by atoms with Gasteiger partial charge in [0, 0.05) is 41.1 Å². The summed E-state index contributed by atoms with van der Waals surface area (Å²) in [7, 11) is 0. The van der Waals surface area contributed by atoms with E-state index in [1.54, 1.807) is 18.3 Å². The molecule has 4 aromatic rings. The molecule has 3 amide bonds. The summed E-state index contributed by atoms with van der Waals surface area (Å²) in [6, 6.07) is 16.4. The quantitative estimate of drug-likeness (QED) is 0.448. The number of carbonyl (C=O) groups excluding carboxylic acids is 3. The molecule has 0 aliphatic carbocycles. The Morgan fingerprint density at radius 3 is 2.38 bits per heavy atom. The zero-order valence-corrected chi connectivity index (χ0v) is 17.8. The molecule has 0 spiro atoms. The predicted molar refractivity (Wildman–Crippen MR) is 123 cm³/mol. The molecule has 1 N–H and O–H groups in total. The van der Waals surface area contributed by atoms with Crippen LogP contribution in [0.15, 0.2) is 66.2 Å². The Labute approximate surface area is 187 Å². The van der Waals surface area contributed by atoms with Crippen LogP contribution in [0.2, 0.25) is 0 Å². The van der Waals surface area contributed by atoms with Crippen molar-refractivity contribution in [1.82, 2.24) is 14.9 Å². The van der Waals surface area contributed by atoms with Gasteiger partial charge in [-0.05, 0) is 36.1 Å². The number of nitrogens with zero attached hydrogens (tertiary/aromatic N) is 3. The van der Waals surface area contributed by atoms with E-state index in [4.69, 9.17) is 0 Å². The van der Waals surface area contributed by atoms with Crippen molar-refractivity contribution in [1.29, 1.82) is 0 Å². The Morgan fingerprint density at radius 2 is 1.69 bits per heavy atom. The van der Waals surface area contributed by atoms with Gasteiger partial charge in [0.25, 0.3) is 11.8 Å². The molecule has 2 aromatic heterocycles. The maximum absolute atomic E-state index is 12.9. The second kappa shape index (κ2) is 8.32. The molecule has 0 saturated carbocycles. The van der Waals surface area contributed by atoms with E-state index in [2.05, 4.69) is 15.3 Å². The fraction of sp³-hybridized carbons (Fsp3) is 0.125. The zero-order valence-electron chi connectivity index (χ0n) is 16.9. The molecule has 1 aliphatic heterocycles. The monoisotopic (exact) mass is 442 g/mol. The Hall–Kier alpha value is -3.91. The average Bonchev–Trinajstić information content (AvgIpc) is 3.28. The molecule has 0 saturated heterocycles. The van der Waals surface area contributed by atoms with Gasteiger partial charge in [-0.15, -0.1) is 11.3 Å². The van der Waals surface area contributed by atoms with Gasteiger partial charge in [-0.25, -0.2) is 4.98 Å². The van der Waals surface area contributed by atoms with Crippen LogP contribution in [0.3, 0.4) is 0 Å². The first-order valence-corrected chi connectivity index (χ1v) is 11.0. The summed E-state index contributed by atoms with van der Waals surface area (Å²) in [6.45, 7) is 0.173. The molecule has 3 heterocycles. The Morgan fingerprint density at radius 1 is 0.938 bits per heavy atom. The molecule has 0 bridgehead atoms. The van der Waals surface area contributed by atoms with Crippen LogP contribution in [0.5, 0.6) is 0 Å². The molecule has 0 radical (unpaired) electrons. The summed E-state index contributed by atoms with van der Waals surface area (Å²) in [4.78, 5) is 48.1. The number of hydrogen-bond acceptors (Lipinski definition) is 6. The number of pyridine rings is 1. The fourth-order valence-electron chi connectivity index (χ4n) is 3.83. The van der Waals surface area contributed by atoms with E-state index < -0.39 is 0 Å². The number of aromatic nitrogens is 2. The number of nitrogens with one attached hydrogen (secondary N) is 1. The van der Waals surface area contributed by atoms with Crippen LogP contribution < -0.4 is 5.32 Å². The molecule has 32 heavy (non-hydrogen) atoms. The van der Waals surface area contributed by atoms with Crippen molar-refractivity contribution in [2.24, 2.45) is 0 Å². The largest absolute Gasteiger partial charge is 0.302 e. The molecule has 158 valence electrons. The van der Waals surface area contributed by atoms with Crippen LogP contribution in [0.4, 0.5) is 5.13 Å². The topological polar surface area (TPSA) is 92.3 Å². The van der Waals surface area contributed by atoms with Gasteiger partial charge in [-0.3, -0.25) is 24.3 Å². The minimum absolute atomic E-state index is 0.168. The van der Waals surface area contributed by atoms with Crippen LogP contribution in [-0.2, 0) is 4.79 Å². The summed E-state index contributed by atoms with van der Waals surface area (Å²) in [5.74, 6) is -0.856. The average molecular weight is 443 g/mol. The summed E-state index contributed by atoms with van der Waals surface area (Å²) in [5, 5.41) is 6.67. The number of thiazole rings is 1. The van der Waals surface area contributed by atoms with Gasteiger partial charge >= 0.3 is 0 Å². The van der Waals surface area contributed by atoms with E-state index in [1.807, 2.05) is 47.8 Å². The molecule has 1 aliphatic rings. The second-order valence-electron chi connectivity index (χ2n) is 7.38. The van der Waals surface area contributed by atoms with Crippen LogP contribution in [0, 0.1) is 0 Å². The third-order valence-electron chi connectivity index (χ3n) is 5.32.